The van der Waals surface area contributed by atoms with Gasteiger partial charge in [0.25, 0.3) is 10.0 Å². The van der Waals surface area contributed by atoms with Gasteiger partial charge < -0.3 is 10.3 Å². The van der Waals surface area contributed by atoms with Crippen LogP contribution >= 0.6 is 11.6 Å². The van der Waals surface area contributed by atoms with Crippen molar-refractivity contribution in [3.63, 3.8) is 0 Å². The van der Waals surface area contributed by atoms with Crippen molar-refractivity contribution < 1.29 is 12.8 Å². The lowest BCUT2D eigenvalue weighted by atomic mass is 10.3. The third-order valence-corrected chi connectivity index (χ3v) is 4.07. The Hall–Kier alpha value is -1.80. The molecule has 2 rings (SSSR count). The Morgan fingerprint density at radius 2 is 2.16 bits per heavy atom. The van der Waals surface area contributed by atoms with Gasteiger partial charge in [0.05, 0.1) is 12.0 Å². The maximum Gasteiger partial charge on any atom is 0.281 e. The van der Waals surface area contributed by atoms with Crippen molar-refractivity contribution in [3.05, 3.63) is 35.4 Å². The molecule has 0 saturated carbocycles. The molecule has 1 heterocycles. The first-order valence-corrected chi connectivity index (χ1v) is 6.92. The van der Waals surface area contributed by atoms with Gasteiger partial charge in [-0.2, -0.15) is 8.42 Å². The lowest BCUT2D eigenvalue weighted by Gasteiger charge is -2.10. The number of nitrogens with two attached hydrogens (primary N) is 1. The van der Waals surface area contributed by atoms with Gasteiger partial charge in [0.2, 0.25) is 0 Å². The van der Waals surface area contributed by atoms with E-state index in [0.29, 0.717) is 0 Å². The third kappa shape index (κ3) is 2.64. The van der Waals surface area contributed by atoms with Crippen molar-refractivity contribution >= 4 is 33.1 Å². The van der Waals surface area contributed by atoms with Crippen LogP contribution in [0, 0.1) is 5.82 Å². The van der Waals surface area contributed by atoms with Crippen LogP contribution in [0.2, 0.25) is 5.02 Å². The Balaban J connectivity index is 2.45. The molecule has 0 atom stereocenters. The summed E-state index contributed by atoms with van der Waals surface area (Å²) in [7, 11) is -2.58. The number of anilines is 2. The quantitative estimate of drug-likeness (QED) is 0.901. The van der Waals surface area contributed by atoms with E-state index < -0.39 is 15.8 Å². The van der Waals surface area contributed by atoms with Gasteiger partial charge in [0.15, 0.2) is 10.8 Å². The SMILES string of the molecule is Cn1cnc(N)c1S(=O)(=O)Nc1cc(Cl)ccc1F. The monoisotopic (exact) mass is 304 g/mol. The van der Waals surface area contributed by atoms with Crippen molar-refractivity contribution in [2.75, 3.05) is 10.5 Å². The summed E-state index contributed by atoms with van der Waals surface area (Å²) < 4.78 is 41.0. The summed E-state index contributed by atoms with van der Waals surface area (Å²) in [6.45, 7) is 0. The molecule has 0 bridgehead atoms. The van der Waals surface area contributed by atoms with Crippen LogP contribution in [0.1, 0.15) is 0 Å². The maximum absolute atomic E-state index is 13.5. The second kappa shape index (κ2) is 4.71. The fourth-order valence-corrected chi connectivity index (χ4v) is 3.00. The first-order chi connectivity index (χ1) is 8.81. The number of nitrogen functional groups attached to an aromatic ring is 1. The number of nitrogens with one attached hydrogen (secondary N) is 1. The summed E-state index contributed by atoms with van der Waals surface area (Å²) in [4.78, 5) is 3.67. The molecule has 0 aliphatic heterocycles. The molecule has 102 valence electrons. The highest BCUT2D eigenvalue weighted by atomic mass is 35.5. The minimum absolute atomic E-state index is 0.169. The molecule has 0 amide bonds. The Morgan fingerprint density at radius 1 is 1.47 bits per heavy atom. The maximum atomic E-state index is 13.5. The molecule has 19 heavy (non-hydrogen) atoms. The Bertz CT molecular complexity index is 710. The normalized spacial score (nSPS) is 11.5. The number of hydrogen-bond acceptors (Lipinski definition) is 4. The average Bonchev–Trinajstić information content (AvgIpc) is 2.64. The molecule has 3 N–H and O–H groups in total. The number of nitrogens with zero attached hydrogens (tertiary/aromatic N) is 2. The van der Waals surface area contributed by atoms with Crippen molar-refractivity contribution in [1.29, 1.82) is 0 Å². The molecule has 0 fully saturated rings. The number of hydrogen-bond donors (Lipinski definition) is 2. The molecule has 0 radical (unpaired) electrons. The molecule has 2 aromatic rings. The van der Waals surface area contributed by atoms with Crippen LogP contribution in [0.5, 0.6) is 0 Å². The molecule has 0 saturated heterocycles. The molecule has 6 nitrogen and oxygen atoms in total. The van der Waals surface area contributed by atoms with E-state index in [0.717, 1.165) is 6.07 Å². The van der Waals surface area contributed by atoms with Gasteiger partial charge >= 0.3 is 0 Å². The second-order valence-electron chi connectivity index (χ2n) is 3.78. The number of imidazole rings is 1. The molecule has 9 heteroatoms. The van der Waals surface area contributed by atoms with E-state index in [2.05, 4.69) is 9.71 Å². The van der Waals surface area contributed by atoms with Crippen molar-refractivity contribution in [1.82, 2.24) is 9.55 Å². The Morgan fingerprint density at radius 3 is 2.74 bits per heavy atom. The highest BCUT2D eigenvalue weighted by molar-refractivity contribution is 7.92. The Kier molecular flexibility index (Phi) is 3.38. The van der Waals surface area contributed by atoms with Crippen molar-refractivity contribution in [2.45, 2.75) is 5.03 Å². The number of benzene rings is 1. The predicted molar refractivity (Wildman–Crippen MR) is 69.8 cm³/mol. The highest BCUT2D eigenvalue weighted by Crippen LogP contribution is 2.24. The number of aromatic nitrogens is 2. The fraction of sp³-hybridized carbons (Fsp3) is 0.100. The van der Waals surface area contributed by atoms with Gasteiger partial charge in [0, 0.05) is 12.1 Å². The number of sulfonamides is 1. The summed E-state index contributed by atoms with van der Waals surface area (Å²) in [5.41, 5.74) is 5.22. The smallest absolute Gasteiger partial charge is 0.281 e. The molecular weight excluding hydrogens is 295 g/mol. The van der Waals surface area contributed by atoms with Crippen LogP contribution in [0.4, 0.5) is 15.9 Å². The summed E-state index contributed by atoms with van der Waals surface area (Å²) in [6.07, 6.45) is 1.25. The van der Waals surface area contributed by atoms with Crippen LogP contribution in [0.25, 0.3) is 0 Å². The van der Waals surface area contributed by atoms with Gasteiger partial charge in [-0.1, -0.05) is 11.6 Å². The molecule has 0 aliphatic rings. The molecule has 0 aliphatic carbocycles. The zero-order valence-corrected chi connectivity index (χ0v) is 11.3. The van der Waals surface area contributed by atoms with Gasteiger partial charge in [-0.05, 0) is 18.2 Å². The number of rotatable bonds is 3. The molecule has 0 unspecified atom stereocenters. The van der Waals surface area contributed by atoms with Crippen LogP contribution in [-0.4, -0.2) is 18.0 Å². The molecule has 1 aromatic heterocycles. The zero-order valence-electron chi connectivity index (χ0n) is 9.76. The van der Waals surface area contributed by atoms with E-state index in [-0.39, 0.29) is 21.6 Å². The standard InChI is InChI=1S/C10H10ClFN4O2S/c1-16-5-14-9(13)10(16)19(17,18)15-8-4-6(11)2-3-7(8)12/h2-5,15H,13H2,1H3. The molecule has 0 spiro atoms. The summed E-state index contributed by atoms with van der Waals surface area (Å²) in [6, 6.07) is 3.54. The minimum atomic E-state index is -4.04. The average molecular weight is 305 g/mol. The number of halogens is 2. The largest absolute Gasteiger partial charge is 0.381 e. The molecular formula is C10H10ClFN4O2S. The van der Waals surface area contributed by atoms with Crippen LogP contribution < -0.4 is 10.5 Å². The lowest BCUT2D eigenvalue weighted by molar-refractivity contribution is 0.589. The third-order valence-electron chi connectivity index (χ3n) is 2.34. The lowest BCUT2D eigenvalue weighted by Crippen LogP contribution is -2.18. The van der Waals surface area contributed by atoms with E-state index in [1.807, 2.05) is 0 Å². The van der Waals surface area contributed by atoms with E-state index in [4.69, 9.17) is 17.3 Å². The Labute approximate surface area is 114 Å². The van der Waals surface area contributed by atoms with E-state index in [1.165, 1.54) is 30.1 Å². The highest BCUT2D eigenvalue weighted by Gasteiger charge is 2.23. The first kappa shape index (κ1) is 13.6. The van der Waals surface area contributed by atoms with E-state index in [1.54, 1.807) is 0 Å². The van der Waals surface area contributed by atoms with E-state index in [9.17, 15) is 12.8 Å². The van der Waals surface area contributed by atoms with Gasteiger partial charge in [-0.25, -0.2) is 9.37 Å². The minimum Gasteiger partial charge on any atom is -0.381 e. The van der Waals surface area contributed by atoms with Crippen LogP contribution in [0.3, 0.4) is 0 Å². The first-order valence-electron chi connectivity index (χ1n) is 5.06. The van der Waals surface area contributed by atoms with Gasteiger partial charge in [-0.15, -0.1) is 0 Å². The topological polar surface area (TPSA) is 90.0 Å². The second-order valence-corrected chi connectivity index (χ2v) is 5.81. The van der Waals surface area contributed by atoms with Crippen molar-refractivity contribution in [2.24, 2.45) is 7.05 Å². The number of aryl methyl sites for hydroxylation is 1. The van der Waals surface area contributed by atoms with E-state index >= 15 is 0 Å². The van der Waals surface area contributed by atoms with Gasteiger partial charge in [0.1, 0.15) is 5.82 Å². The van der Waals surface area contributed by atoms with Gasteiger partial charge in [-0.3, -0.25) is 4.72 Å². The van der Waals surface area contributed by atoms with Crippen LogP contribution in [-0.2, 0) is 17.1 Å². The zero-order chi connectivity index (χ0) is 14.2. The van der Waals surface area contributed by atoms with Crippen LogP contribution in [0.15, 0.2) is 29.6 Å². The molecule has 1 aromatic carbocycles. The summed E-state index contributed by atoms with van der Waals surface area (Å²) in [5.74, 6) is -0.911. The fourth-order valence-electron chi connectivity index (χ4n) is 1.53. The summed E-state index contributed by atoms with van der Waals surface area (Å²) in [5, 5.41) is -0.0380. The van der Waals surface area contributed by atoms with Crippen molar-refractivity contribution in [3.8, 4) is 0 Å². The predicted octanol–water partition coefficient (Wildman–Crippen LogP) is 1.60. The summed E-state index contributed by atoms with van der Waals surface area (Å²) >= 11 is 5.69.